The Morgan fingerprint density at radius 1 is 0.438 bits per heavy atom. The second kappa shape index (κ2) is 34.6. The zero-order valence-corrected chi connectivity index (χ0v) is 61.7. The summed E-state index contributed by atoms with van der Waals surface area (Å²) in [6.07, 6.45) is 2.14. The van der Waals surface area contributed by atoms with Crippen LogP contribution in [-0.2, 0) is 12.8 Å². The normalized spacial score (nSPS) is 11.8. The van der Waals surface area contributed by atoms with Gasteiger partial charge in [0.2, 0.25) is 0 Å². The molecule has 8 aromatic carbocycles. The molecule has 476 valence electrons. The average molecular weight is 1360 g/mol. The molecule has 2 atom stereocenters. The maximum absolute atomic E-state index is 10.8. The zero-order chi connectivity index (χ0) is 66.2. The van der Waals surface area contributed by atoms with E-state index in [-0.39, 0.29) is 33.8 Å². The second-order valence-electron chi connectivity index (χ2n) is 24.2. The van der Waals surface area contributed by atoms with Crippen molar-refractivity contribution in [1.82, 2.24) is 0 Å². The van der Waals surface area contributed by atoms with Crippen molar-refractivity contribution in [2.24, 2.45) is 0 Å². The maximum atomic E-state index is 10.8. The number of carbonyl (C=O) groups excluding carboxylic acids is 2. The van der Waals surface area contributed by atoms with Crippen LogP contribution in [0.25, 0.3) is 0 Å². The molecule has 0 aliphatic heterocycles. The summed E-state index contributed by atoms with van der Waals surface area (Å²) in [6.45, 7) is 28.4. The Balaban J connectivity index is 0.000000265. The number of hydrogen-bond donors (Lipinski definition) is 2. The van der Waals surface area contributed by atoms with Crippen LogP contribution in [0.2, 0.25) is 28.2 Å². The minimum atomic E-state index is -2.74. The SMILES string of the molecule is CC.COc1ccc(C=O)cc1O.COc1ccc(C=O)cc1O[Si](C)(C)C(C)(C)C.COc1ccc(CO)cc1O[Si](c1ccccc1)(c1ccccc1)C(C)(C)C.COc1ccc(CP(P)Br)cc1O[Si](c1ccccc1)(c1ccccc1)C(C)(C)C. The van der Waals surface area contributed by atoms with Gasteiger partial charge in [0.15, 0.2) is 28.7 Å². The van der Waals surface area contributed by atoms with Crippen LogP contribution in [-0.4, -0.2) is 76.2 Å². The zero-order valence-electron chi connectivity index (χ0n) is 55.0. The van der Waals surface area contributed by atoms with Crippen LogP contribution < -0.4 is 53.0 Å². The summed E-state index contributed by atoms with van der Waals surface area (Å²) in [5.74, 6) is 4.62. The third kappa shape index (κ3) is 19.7. The third-order valence-corrected chi connectivity index (χ3v) is 31.3. The number of phenols is 1. The Morgan fingerprint density at radius 3 is 1.06 bits per heavy atom. The standard InChI is InChI=1S/C24H29BrO2P2Si.C24H28O3Si.C14H22O3Si.C8H8O3.C2H6/c1-24(2,3)30(20-11-7-5-8-12-20,21-13-9-6-10-14-21)27-23-17-19(18-29(25)28)15-16-22(23)26-4;1-24(2,3)28(20-11-7-5-8-12-20,21-13-9-6-10-14-21)27-23-17-19(18-25)15-16-22(23)26-4;1-14(2,3)18(5,6)17-13-9-11(10-15)7-8-12(13)16-4;1-11-8-3-2-6(5-9)4-7(8)10;1-2/h5-17H,18,28H2,1-4H3;5-17,25H,18H2,1-4H3;7-10H,1-6H3;2-5,10H,1H3;1-2H3. The van der Waals surface area contributed by atoms with Gasteiger partial charge in [0.1, 0.15) is 29.8 Å². The van der Waals surface area contributed by atoms with E-state index in [1.54, 1.807) is 51.7 Å². The number of methoxy groups -OCH3 is 4. The van der Waals surface area contributed by atoms with E-state index in [2.05, 4.69) is 221 Å². The van der Waals surface area contributed by atoms with Crippen molar-refractivity contribution in [1.29, 1.82) is 0 Å². The lowest BCUT2D eigenvalue weighted by atomic mass is 10.2. The van der Waals surface area contributed by atoms with Gasteiger partial charge in [-0.2, -0.15) is 0 Å². The fourth-order valence-corrected chi connectivity index (χ4v) is 21.6. The number of aromatic hydroxyl groups is 1. The van der Waals surface area contributed by atoms with Crippen molar-refractivity contribution in [2.45, 2.75) is 117 Å². The second-order valence-corrected chi connectivity index (χ2v) is 45.3. The van der Waals surface area contributed by atoms with Crippen LogP contribution in [0, 0.1) is 0 Å². The number of benzene rings is 8. The molecular formula is C72H93BrO11P2Si3. The van der Waals surface area contributed by atoms with E-state index in [4.69, 9.17) is 37.3 Å². The molecule has 8 aromatic rings. The van der Waals surface area contributed by atoms with Crippen LogP contribution in [0.3, 0.4) is 0 Å². The summed E-state index contributed by atoms with van der Waals surface area (Å²) in [5, 5.41) is 23.5. The van der Waals surface area contributed by atoms with E-state index < -0.39 is 25.0 Å². The number of hydrogen-bond acceptors (Lipinski definition) is 11. The van der Waals surface area contributed by atoms with Gasteiger partial charge in [0.05, 0.1) is 35.0 Å². The molecule has 0 saturated carbocycles. The Morgan fingerprint density at radius 2 is 0.753 bits per heavy atom. The lowest BCUT2D eigenvalue weighted by Crippen LogP contribution is -2.68. The molecular weight excluding hydrogens is 1270 g/mol. The first-order chi connectivity index (χ1) is 42.2. The predicted octanol–water partition coefficient (Wildman–Crippen LogP) is 17.0. The van der Waals surface area contributed by atoms with Gasteiger partial charge < -0.3 is 42.4 Å². The van der Waals surface area contributed by atoms with Crippen molar-refractivity contribution in [2.75, 3.05) is 28.4 Å². The van der Waals surface area contributed by atoms with Crippen molar-refractivity contribution in [3.05, 3.63) is 216 Å². The topological polar surface area (TPSA) is 139 Å². The number of rotatable bonds is 19. The van der Waals surface area contributed by atoms with Crippen molar-refractivity contribution in [3.8, 4) is 46.0 Å². The Bertz CT molecular complexity index is 3350. The number of halogens is 1. The van der Waals surface area contributed by atoms with E-state index in [0.717, 1.165) is 29.5 Å². The van der Waals surface area contributed by atoms with E-state index in [1.165, 1.54) is 39.5 Å². The molecule has 0 saturated heterocycles. The van der Waals surface area contributed by atoms with Crippen molar-refractivity contribution in [3.63, 3.8) is 0 Å². The molecule has 0 aliphatic carbocycles. The molecule has 0 spiro atoms. The van der Waals surface area contributed by atoms with Crippen LogP contribution in [0.4, 0.5) is 0 Å². The highest BCUT2D eigenvalue weighted by molar-refractivity contribution is 9.44. The number of phenolic OH excluding ortho intramolecular Hbond substituents is 1. The van der Waals surface area contributed by atoms with E-state index >= 15 is 0 Å². The first-order valence-electron chi connectivity index (χ1n) is 29.6. The predicted molar refractivity (Wildman–Crippen MR) is 385 cm³/mol. The molecule has 2 unspecified atom stereocenters. The van der Waals surface area contributed by atoms with Crippen LogP contribution in [0.15, 0.2) is 194 Å². The molecule has 0 bridgehead atoms. The van der Waals surface area contributed by atoms with Gasteiger partial charge in [-0.05, 0) is 127 Å². The highest BCUT2D eigenvalue weighted by Gasteiger charge is 2.54. The van der Waals surface area contributed by atoms with Gasteiger partial charge in [-0.15, -0.1) is 0 Å². The van der Waals surface area contributed by atoms with Crippen molar-refractivity contribution >= 4 is 89.0 Å². The Labute approximate surface area is 545 Å². The number of carbonyl (C=O) groups is 2. The fourth-order valence-electron chi connectivity index (χ4n) is 9.66. The van der Waals surface area contributed by atoms with Gasteiger partial charge in [-0.3, -0.25) is 9.59 Å². The molecule has 11 nitrogen and oxygen atoms in total. The third-order valence-electron chi connectivity index (χ3n) is 15.2. The molecule has 0 aliphatic rings. The van der Waals surface area contributed by atoms with Crippen LogP contribution in [0.1, 0.15) is 108 Å². The van der Waals surface area contributed by atoms with Gasteiger partial charge >= 0.3 is 16.6 Å². The smallest absolute Gasteiger partial charge is 0.320 e. The molecule has 89 heavy (non-hydrogen) atoms. The van der Waals surface area contributed by atoms with Crippen LogP contribution in [0.5, 0.6) is 46.0 Å². The number of ether oxygens (including phenoxy) is 4. The highest BCUT2D eigenvalue weighted by Crippen LogP contribution is 2.55. The monoisotopic (exact) mass is 1360 g/mol. The number of aliphatic hydroxyl groups excluding tert-OH is 1. The Kier molecular flexibility index (Phi) is 29.1. The summed E-state index contributed by atoms with van der Waals surface area (Å²) in [6, 6.07) is 64.0. The summed E-state index contributed by atoms with van der Waals surface area (Å²) in [5.41, 5.74) is 3.07. The first kappa shape index (κ1) is 74.9. The van der Waals surface area contributed by atoms with Crippen LogP contribution >= 0.6 is 30.7 Å². The summed E-state index contributed by atoms with van der Waals surface area (Å²) < 4.78 is 41.7. The van der Waals surface area contributed by atoms with Gasteiger partial charge in [-0.1, -0.05) is 234 Å². The molecule has 0 fully saturated rings. The minimum absolute atomic E-state index is 0.0166. The average Bonchev–Trinajstić information content (AvgIpc) is 0.887. The highest BCUT2D eigenvalue weighted by atomic mass is 79.9. The summed E-state index contributed by atoms with van der Waals surface area (Å²) in [7, 11) is 1.92. The quantitative estimate of drug-likeness (QED) is 0.0454. The van der Waals surface area contributed by atoms with Crippen molar-refractivity contribution < 1.29 is 52.0 Å². The largest absolute Gasteiger partial charge is 0.541 e. The molecule has 2 N–H and O–H groups in total. The molecule has 0 aromatic heterocycles. The van der Waals surface area contributed by atoms with E-state index in [1.807, 2.05) is 50.2 Å². The lowest BCUT2D eigenvalue weighted by Gasteiger charge is -2.43. The van der Waals surface area contributed by atoms with Gasteiger partial charge in [-0.25, -0.2) is 0 Å². The van der Waals surface area contributed by atoms with E-state index in [0.29, 0.717) is 46.2 Å². The molecule has 0 radical (unpaired) electrons. The number of aliphatic hydroxyl groups is 1. The maximum Gasteiger partial charge on any atom is 0.320 e. The number of aldehydes is 2. The summed E-state index contributed by atoms with van der Waals surface area (Å²) in [4.78, 5) is 21.0. The molecule has 8 rings (SSSR count). The molecule has 0 amide bonds. The molecule has 0 heterocycles. The lowest BCUT2D eigenvalue weighted by molar-refractivity contribution is 0.111. The first-order valence-corrected chi connectivity index (χ1v) is 41.4. The van der Waals surface area contributed by atoms with E-state index in [9.17, 15) is 14.7 Å². The fraction of sp³-hybridized carbons (Fsp3) is 0.306. The minimum Gasteiger partial charge on any atom is -0.541 e. The van der Waals surface area contributed by atoms with Gasteiger partial charge in [0, 0.05) is 17.3 Å². The van der Waals surface area contributed by atoms with Gasteiger partial charge in [0.25, 0.3) is 8.32 Å². The Hall–Kier alpha value is -6.55. The molecule has 17 heteroatoms. The summed E-state index contributed by atoms with van der Waals surface area (Å²) >= 11 is 3.70.